The zero-order chi connectivity index (χ0) is 16.3. The maximum Gasteiger partial charge on any atom is 0.416 e. The Morgan fingerprint density at radius 1 is 1.09 bits per heavy atom. The lowest BCUT2D eigenvalue weighted by atomic mass is 10.1. The van der Waals surface area contributed by atoms with Crippen LogP contribution in [0.4, 0.5) is 23.2 Å². The van der Waals surface area contributed by atoms with Crippen LogP contribution in [-0.4, -0.2) is 11.1 Å². The van der Waals surface area contributed by atoms with Crippen molar-refractivity contribution in [3.8, 4) is 0 Å². The monoisotopic (exact) mass is 313 g/mol. The second-order valence-corrected chi connectivity index (χ2v) is 4.54. The zero-order valence-corrected chi connectivity index (χ0v) is 11.1. The van der Waals surface area contributed by atoms with E-state index in [9.17, 15) is 22.4 Å². The summed E-state index contributed by atoms with van der Waals surface area (Å²) in [7, 11) is 0. The third-order valence-corrected chi connectivity index (χ3v) is 2.97. The number of hydrogen-bond donors (Lipinski definition) is 2. The fraction of sp³-hybridized carbons (Fsp3) is 0.133. The van der Waals surface area contributed by atoms with Crippen molar-refractivity contribution >= 4 is 11.7 Å². The number of carboxylic acids is 1. The Hall–Kier alpha value is -2.57. The highest BCUT2D eigenvalue weighted by Gasteiger charge is 2.31. The van der Waals surface area contributed by atoms with Crippen LogP contribution < -0.4 is 5.32 Å². The maximum atomic E-state index is 12.8. The number of alkyl halides is 3. The van der Waals surface area contributed by atoms with Crippen molar-refractivity contribution in [2.75, 3.05) is 5.32 Å². The van der Waals surface area contributed by atoms with E-state index in [-0.39, 0.29) is 17.8 Å². The van der Waals surface area contributed by atoms with Crippen molar-refractivity contribution in [3.05, 3.63) is 65.0 Å². The van der Waals surface area contributed by atoms with E-state index >= 15 is 0 Å². The number of carboxylic acid groups (broad SMARTS) is 1. The molecule has 116 valence electrons. The van der Waals surface area contributed by atoms with Crippen LogP contribution in [0.1, 0.15) is 21.5 Å². The first-order chi connectivity index (χ1) is 10.3. The molecule has 0 saturated carbocycles. The molecule has 22 heavy (non-hydrogen) atoms. The Morgan fingerprint density at radius 3 is 2.27 bits per heavy atom. The third kappa shape index (κ3) is 3.75. The largest absolute Gasteiger partial charge is 0.478 e. The van der Waals surface area contributed by atoms with Crippen LogP contribution >= 0.6 is 0 Å². The van der Waals surface area contributed by atoms with Crippen molar-refractivity contribution in [3.63, 3.8) is 0 Å². The summed E-state index contributed by atoms with van der Waals surface area (Å²) in [5.41, 5.74) is -0.754. The summed E-state index contributed by atoms with van der Waals surface area (Å²) in [6.07, 6.45) is -4.57. The number of rotatable bonds is 4. The van der Waals surface area contributed by atoms with Gasteiger partial charge in [-0.3, -0.25) is 0 Å². The molecule has 0 aliphatic heterocycles. The minimum absolute atomic E-state index is 0.0713. The minimum atomic E-state index is -4.57. The van der Waals surface area contributed by atoms with E-state index in [2.05, 4.69) is 5.32 Å². The first-order valence-electron chi connectivity index (χ1n) is 6.20. The van der Waals surface area contributed by atoms with Crippen LogP contribution in [0, 0.1) is 5.82 Å². The summed E-state index contributed by atoms with van der Waals surface area (Å²) in [6.45, 7) is 0.0713. The summed E-state index contributed by atoms with van der Waals surface area (Å²) < 4.78 is 50.9. The van der Waals surface area contributed by atoms with Gasteiger partial charge >= 0.3 is 12.1 Å². The van der Waals surface area contributed by atoms with Crippen LogP contribution in [0.15, 0.2) is 42.5 Å². The average Bonchev–Trinajstić information content (AvgIpc) is 2.45. The molecule has 0 aliphatic carbocycles. The van der Waals surface area contributed by atoms with Gasteiger partial charge in [-0.1, -0.05) is 12.1 Å². The molecule has 0 aromatic heterocycles. The summed E-state index contributed by atoms with van der Waals surface area (Å²) in [4.78, 5) is 11.1. The Bertz CT molecular complexity index is 681. The van der Waals surface area contributed by atoms with Gasteiger partial charge in [0.1, 0.15) is 5.82 Å². The van der Waals surface area contributed by atoms with Gasteiger partial charge < -0.3 is 10.4 Å². The van der Waals surface area contributed by atoms with Gasteiger partial charge in [0.15, 0.2) is 0 Å². The fourth-order valence-electron chi connectivity index (χ4n) is 1.85. The van der Waals surface area contributed by atoms with E-state index in [4.69, 9.17) is 5.11 Å². The van der Waals surface area contributed by atoms with Gasteiger partial charge in [0.25, 0.3) is 0 Å². The van der Waals surface area contributed by atoms with Crippen LogP contribution in [0.2, 0.25) is 0 Å². The predicted molar refractivity (Wildman–Crippen MR) is 72.1 cm³/mol. The molecular formula is C15H11F4NO2. The van der Waals surface area contributed by atoms with Gasteiger partial charge in [-0.15, -0.1) is 0 Å². The molecular weight excluding hydrogens is 302 g/mol. The molecule has 0 spiro atoms. The quantitative estimate of drug-likeness (QED) is 0.834. The molecule has 2 rings (SSSR count). The number of nitrogens with one attached hydrogen (secondary N) is 1. The Balaban J connectivity index is 2.27. The number of aromatic carboxylic acids is 1. The minimum Gasteiger partial charge on any atom is -0.478 e. The summed E-state index contributed by atoms with van der Waals surface area (Å²) in [6, 6.07) is 7.69. The number of hydrogen-bond acceptors (Lipinski definition) is 2. The molecule has 0 bridgehead atoms. The highest BCUT2D eigenvalue weighted by molar-refractivity contribution is 5.94. The molecule has 0 heterocycles. The first kappa shape index (κ1) is 15.8. The van der Waals surface area contributed by atoms with Crippen molar-refractivity contribution < 1.29 is 27.5 Å². The number of halogens is 4. The smallest absolute Gasteiger partial charge is 0.416 e. The predicted octanol–water partition coefficient (Wildman–Crippen LogP) is 4.15. The Kier molecular flexibility index (Phi) is 4.35. The fourth-order valence-corrected chi connectivity index (χ4v) is 1.85. The van der Waals surface area contributed by atoms with Crippen LogP contribution in [0.3, 0.4) is 0 Å². The van der Waals surface area contributed by atoms with Crippen LogP contribution in [-0.2, 0) is 12.7 Å². The second kappa shape index (κ2) is 6.05. The van der Waals surface area contributed by atoms with Crippen molar-refractivity contribution in [1.82, 2.24) is 0 Å². The lowest BCUT2D eigenvalue weighted by Crippen LogP contribution is -2.10. The van der Waals surface area contributed by atoms with E-state index < -0.39 is 23.5 Å². The van der Waals surface area contributed by atoms with Gasteiger partial charge in [0, 0.05) is 12.2 Å². The molecule has 0 unspecified atom stereocenters. The first-order valence-corrected chi connectivity index (χ1v) is 6.20. The lowest BCUT2D eigenvalue weighted by molar-refractivity contribution is -0.137. The summed E-state index contributed by atoms with van der Waals surface area (Å²) in [5, 5.41) is 11.7. The Morgan fingerprint density at radius 2 is 1.73 bits per heavy atom. The van der Waals surface area contributed by atoms with Gasteiger partial charge in [-0.05, 0) is 35.9 Å². The van der Waals surface area contributed by atoms with E-state index in [1.807, 2.05) is 0 Å². The van der Waals surface area contributed by atoms with Crippen molar-refractivity contribution in [2.45, 2.75) is 12.7 Å². The maximum absolute atomic E-state index is 12.8. The van der Waals surface area contributed by atoms with Gasteiger partial charge in [-0.2, -0.15) is 13.2 Å². The lowest BCUT2D eigenvalue weighted by Gasteiger charge is -2.13. The standard InChI is InChI=1S/C15H11F4NO2/c16-11-4-1-9(2-5-11)8-20-13-7-10(15(17,18)19)3-6-12(13)14(21)22/h1-7,20H,8H2,(H,21,22). The molecule has 0 amide bonds. The number of anilines is 1. The molecule has 0 aliphatic rings. The van der Waals surface area contributed by atoms with E-state index in [1.165, 1.54) is 24.3 Å². The normalized spacial score (nSPS) is 11.3. The third-order valence-electron chi connectivity index (χ3n) is 2.97. The molecule has 7 heteroatoms. The zero-order valence-electron chi connectivity index (χ0n) is 11.1. The summed E-state index contributed by atoms with van der Waals surface area (Å²) >= 11 is 0. The van der Waals surface area contributed by atoms with Gasteiger partial charge in [0.2, 0.25) is 0 Å². The molecule has 0 saturated heterocycles. The highest BCUT2D eigenvalue weighted by atomic mass is 19.4. The molecule has 2 aromatic rings. The summed E-state index contributed by atoms with van der Waals surface area (Å²) in [5.74, 6) is -1.77. The van der Waals surface area contributed by atoms with Crippen molar-refractivity contribution in [2.24, 2.45) is 0 Å². The highest BCUT2D eigenvalue weighted by Crippen LogP contribution is 2.32. The number of carbonyl (C=O) groups is 1. The molecule has 0 atom stereocenters. The molecule has 3 nitrogen and oxygen atoms in total. The Labute approximate surface area is 123 Å². The van der Waals surface area contributed by atoms with Crippen LogP contribution in [0.5, 0.6) is 0 Å². The van der Waals surface area contributed by atoms with Gasteiger partial charge in [0.05, 0.1) is 11.1 Å². The van der Waals surface area contributed by atoms with Crippen molar-refractivity contribution in [1.29, 1.82) is 0 Å². The van der Waals surface area contributed by atoms with E-state index in [0.717, 1.165) is 12.1 Å². The van der Waals surface area contributed by atoms with E-state index in [1.54, 1.807) is 0 Å². The second-order valence-electron chi connectivity index (χ2n) is 4.54. The number of benzene rings is 2. The average molecular weight is 313 g/mol. The van der Waals surface area contributed by atoms with Crippen LogP contribution in [0.25, 0.3) is 0 Å². The van der Waals surface area contributed by atoms with E-state index in [0.29, 0.717) is 11.6 Å². The molecule has 0 fully saturated rings. The molecule has 0 radical (unpaired) electrons. The molecule has 2 aromatic carbocycles. The topological polar surface area (TPSA) is 49.3 Å². The molecule has 2 N–H and O–H groups in total. The SMILES string of the molecule is O=C(O)c1ccc(C(F)(F)F)cc1NCc1ccc(F)cc1. The van der Waals surface area contributed by atoms with Gasteiger partial charge in [-0.25, -0.2) is 9.18 Å².